The van der Waals surface area contributed by atoms with E-state index in [4.69, 9.17) is 14.2 Å². The van der Waals surface area contributed by atoms with Gasteiger partial charge in [0.25, 0.3) is 5.91 Å². The van der Waals surface area contributed by atoms with Crippen LogP contribution in [0.5, 0.6) is 0 Å². The van der Waals surface area contributed by atoms with E-state index >= 15 is 4.79 Å². The number of ether oxygens (including phenoxy) is 3. The normalized spacial score (nSPS) is 24.1. The molecule has 0 unspecified atom stereocenters. The minimum absolute atomic E-state index is 0.102. The molecule has 4 heterocycles. The highest BCUT2D eigenvalue weighted by molar-refractivity contribution is 6.71. The van der Waals surface area contributed by atoms with Crippen molar-refractivity contribution in [2.45, 2.75) is 56.8 Å². The van der Waals surface area contributed by atoms with Crippen LogP contribution in [0.1, 0.15) is 30.0 Å². The number of aliphatic hydroxyl groups is 1. The third-order valence-corrected chi connectivity index (χ3v) is 13.2. The van der Waals surface area contributed by atoms with Crippen LogP contribution in [0.25, 0.3) is 0 Å². The molecule has 0 radical (unpaired) electrons. The molecular formula is C38H44N4O9Si. The predicted molar refractivity (Wildman–Crippen MR) is 194 cm³/mol. The Kier molecular flexibility index (Phi) is 9.59. The fraction of sp³-hybridized carbons (Fsp3) is 0.421. The van der Waals surface area contributed by atoms with Crippen molar-refractivity contribution in [3.8, 4) is 0 Å². The zero-order valence-electron chi connectivity index (χ0n) is 29.6. The minimum Gasteiger partial charge on any atom is -0.447 e. The second kappa shape index (κ2) is 14.0. The molecule has 2 N–H and O–H groups in total. The van der Waals surface area contributed by atoms with Crippen molar-refractivity contribution in [2.24, 2.45) is 5.92 Å². The van der Waals surface area contributed by atoms with Crippen LogP contribution in [0.15, 0.2) is 72.8 Å². The van der Waals surface area contributed by atoms with Crippen LogP contribution in [0.3, 0.4) is 0 Å². The molecule has 7 rings (SSSR count). The van der Waals surface area contributed by atoms with E-state index in [-0.39, 0.29) is 51.1 Å². The lowest BCUT2D eigenvalue weighted by Crippen LogP contribution is -2.46. The molecular weight excluding hydrogens is 685 g/mol. The van der Waals surface area contributed by atoms with Gasteiger partial charge in [-0.1, -0.05) is 49.4 Å². The Hall–Kier alpha value is -4.76. The van der Waals surface area contributed by atoms with Gasteiger partial charge in [-0.05, 0) is 54.6 Å². The molecule has 3 saturated heterocycles. The van der Waals surface area contributed by atoms with E-state index in [1.165, 1.54) is 4.90 Å². The summed E-state index contributed by atoms with van der Waals surface area (Å²) in [5.74, 6) is -1.15. The summed E-state index contributed by atoms with van der Waals surface area (Å²) >= 11 is 0. The number of cyclic esters (lactones) is 2. The average Bonchev–Trinajstić information content (AvgIpc) is 3.87. The zero-order valence-corrected chi connectivity index (χ0v) is 30.6. The number of amides is 4. The zero-order chi connectivity index (χ0) is 36.8. The molecule has 13 nitrogen and oxygen atoms in total. The first-order valence-corrected chi connectivity index (χ1v) is 20.7. The summed E-state index contributed by atoms with van der Waals surface area (Å²) < 4.78 is 17.3. The molecule has 274 valence electrons. The van der Waals surface area contributed by atoms with Gasteiger partial charge in [-0.25, -0.2) is 9.59 Å². The first kappa shape index (κ1) is 35.6. The van der Waals surface area contributed by atoms with Crippen LogP contribution >= 0.6 is 0 Å². The fourth-order valence-electron chi connectivity index (χ4n) is 8.37. The molecule has 4 amide bonds. The van der Waals surface area contributed by atoms with Crippen molar-refractivity contribution in [3.63, 3.8) is 0 Å². The third-order valence-electron chi connectivity index (χ3n) is 10.7. The largest absolute Gasteiger partial charge is 0.447 e. The van der Waals surface area contributed by atoms with Gasteiger partial charge in [-0.3, -0.25) is 19.4 Å². The first-order valence-electron chi connectivity index (χ1n) is 17.7. The first-order chi connectivity index (χ1) is 24.9. The Bertz CT molecular complexity index is 1870. The average molecular weight is 729 g/mol. The van der Waals surface area contributed by atoms with Crippen molar-refractivity contribution in [3.05, 3.63) is 89.5 Å². The lowest BCUT2D eigenvalue weighted by atomic mass is 9.82. The summed E-state index contributed by atoms with van der Waals surface area (Å²) in [6, 6.07) is 22.3. The molecule has 3 aromatic rings. The Morgan fingerprint density at radius 1 is 0.904 bits per heavy atom. The van der Waals surface area contributed by atoms with Gasteiger partial charge in [0.2, 0.25) is 5.91 Å². The maximum atomic E-state index is 15.1. The van der Waals surface area contributed by atoms with E-state index in [2.05, 4.69) is 0 Å². The summed E-state index contributed by atoms with van der Waals surface area (Å²) in [5.41, 5.74) is 1.93. The Balaban J connectivity index is 1.26. The van der Waals surface area contributed by atoms with Gasteiger partial charge in [0.05, 0.1) is 44.5 Å². The maximum Gasteiger partial charge on any atom is 0.414 e. The molecule has 4 atom stereocenters. The number of hydrogen-bond donors (Lipinski definition) is 2. The second-order valence-electron chi connectivity index (χ2n) is 14.4. The summed E-state index contributed by atoms with van der Waals surface area (Å²) in [6.45, 7) is 7.14. The fourth-order valence-corrected chi connectivity index (χ4v) is 10.9. The number of nitrogens with zero attached hydrogens (tertiary/aromatic N) is 4. The Morgan fingerprint density at radius 2 is 1.56 bits per heavy atom. The van der Waals surface area contributed by atoms with E-state index in [1.807, 2.05) is 61.5 Å². The van der Waals surface area contributed by atoms with Crippen molar-refractivity contribution < 1.29 is 43.3 Å². The van der Waals surface area contributed by atoms with Gasteiger partial charge in [-0.15, -0.1) is 0 Å². The van der Waals surface area contributed by atoms with Crippen LogP contribution in [0.2, 0.25) is 18.6 Å². The molecule has 0 aliphatic carbocycles. The van der Waals surface area contributed by atoms with Gasteiger partial charge in [0, 0.05) is 41.5 Å². The molecule has 1 spiro atoms. The van der Waals surface area contributed by atoms with Crippen molar-refractivity contribution in [2.75, 3.05) is 54.2 Å². The minimum atomic E-state index is -3.11. The SMILES string of the molecule is C[C@@H]1[C@@H]([Si](C)(C)O)[C@H](CC(=O)N(CCO)Cc2ccccc2)O[C@@]12C(=O)N(Cc1cccc(N3CCOC3=O)c1)c1ccc(N3CCOC3=O)cc12. The Labute approximate surface area is 303 Å². The lowest BCUT2D eigenvalue weighted by Gasteiger charge is -2.33. The predicted octanol–water partition coefficient (Wildman–Crippen LogP) is 4.36. The highest BCUT2D eigenvalue weighted by Crippen LogP contribution is 2.60. The van der Waals surface area contributed by atoms with Gasteiger partial charge in [-0.2, -0.15) is 0 Å². The van der Waals surface area contributed by atoms with E-state index in [0.717, 1.165) is 11.1 Å². The molecule has 14 heteroatoms. The number of hydrogen-bond acceptors (Lipinski definition) is 9. The van der Waals surface area contributed by atoms with Crippen LogP contribution in [-0.2, 0) is 42.5 Å². The molecule has 0 saturated carbocycles. The van der Waals surface area contributed by atoms with Crippen LogP contribution in [-0.4, -0.2) is 92.7 Å². The van der Waals surface area contributed by atoms with Crippen molar-refractivity contribution >= 4 is 49.4 Å². The van der Waals surface area contributed by atoms with E-state index in [9.17, 15) is 24.3 Å². The van der Waals surface area contributed by atoms with Gasteiger partial charge in [0.15, 0.2) is 13.9 Å². The second-order valence-corrected chi connectivity index (χ2v) is 18.4. The number of fused-ring (bicyclic) bond motifs is 2. The van der Waals surface area contributed by atoms with Gasteiger partial charge >= 0.3 is 12.2 Å². The number of aliphatic hydroxyl groups excluding tert-OH is 1. The lowest BCUT2D eigenvalue weighted by molar-refractivity contribution is -0.150. The molecule has 3 aromatic carbocycles. The highest BCUT2D eigenvalue weighted by atomic mass is 28.4. The highest BCUT2D eigenvalue weighted by Gasteiger charge is 2.66. The molecule has 0 bridgehead atoms. The van der Waals surface area contributed by atoms with Crippen LogP contribution in [0, 0.1) is 5.92 Å². The number of rotatable bonds is 11. The molecule has 4 aliphatic heterocycles. The van der Waals surface area contributed by atoms with E-state index in [1.54, 1.807) is 46.0 Å². The monoisotopic (exact) mass is 728 g/mol. The quantitative estimate of drug-likeness (QED) is 0.275. The van der Waals surface area contributed by atoms with E-state index in [0.29, 0.717) is 42.3 Å². The third kappa shape index (κ3) is 6.33. The van der Waals surface area contributed by atoms with Crippen LogP contribution in [0.4, 0.5) is 26.7 Å². The van der Waals surface area contributed by atoms with Gasteiger partial charge < -0.3 is 33.9 Å². The maximum absolute atomic E-state index is 15.1. The van der Waals surface area contributed by atoms with E-state index < -0.39 is 43.7 Å². The molecule has 3 fully saturated rings. The summed E-state index contributed by atoms with van der Waals surface area (Å²) in [6.07, 6.45) is -1.83. The molecule has 4 aliphatic rings. The summed E-state index contributed by atoms with van der Waals surface area (Å²) in [5, 5.41) is 9.86. The smallest absolute Gasteiger partial charge is 0.414 e. The molecule has 52 heavy (non-hydrogen) atoms. The van der Waals surface area contributed by atoms with Gasteiger partial charge in [0.1, 0.15) is 13.2 Å². The summed E-state index contributed by atoms with van der Waals surface area (Å²) in [4.78, 5) is 72.2. The summed E-state index contributed by atoms with van der Waals surface area (Å²) in [7, 11) is -3.11. The number of anilines is 3. The Morgan fingerprint density at radius 3 is 2.17 bits per heavy atom. The van der Waals surface area contributed by atoms with Crippen molar-refractivity contribution in [1.29, 1.82) is 0 Å². The topological polar surface area (TPSA) is 149 Å². The van der Waals surface area contributed by atoms with Crippen molar-refractivity contribution in [1.82, 2.24) is 4.90 Å². The standard InChI is InChI=1S/C38H44N4O9Si/c1-25-34(52(2,3)48)32(22-33(44)39(14-17-43)23-26-8-5-4-6-9-26)51-38(25)30-21-29(41-16-19-50-37(41)47)12-13-31(30)42(35(38)45)24-27-10-7-11-28(20-27)40-15-18-49-36(40)46/h4-13,20-21,25,32,34,43,48H,14-19,22-24H2,1-3H3/t25-,32+,34-,38+/m1/s1. The number of carbonyl (C=O) groups excluding carboxylic acids is 4. The van der Waals surface area contributed by atoms with Crippen LogP contribution < -0.4 is 14.7 Å². The molecule has 0 aromatic heterocycles. The number of carbonyl (C=O) groups is 4. The number of benzene rings is 3.